The van der Waals surface area contributed by atoms with Crippen molar-refractivity contribution in [1.29, 1.82) is 0 Å². The van der Waals surface area contributed by atoms with Gasteiger partial charge in [-0.3, -0.25) is 4.98 Å². The molecule has 0 spiro atoms. The minimum absolute atomic E-state index is 0.0408. The van der Waals surface area contributed by atoms with Crippen LogP contribution in [0.1, 0.15) is 27.0 Å². The number of aromatic carboxylic acids is 1. The van der Waals surface area contributed by atoms with Crippen LogP contribution in [0.3, 0.4) is 0 Å². The van der Waals surface area contributed by atoms with E-state index in [9.17, 15) is 9.90 Å². The molecule has 2 aromatic heterocycles. The first-order valence-corrected chi connectivity index (χ1v) is 11.6. The molecule has 35 heavy (non-hydrogen) atoms. The molecule has 0 amide bonds. The summed E-state index contributed by atoms with van der Waals surface area (Å²) in [6.07, 6.45) is 7.34. The number of aryl methyl sites for hydroxylation is 1. The van der Waals surface area contributed by atoms with Crippen molar-refractivity contribution >= 4 is 11.7 Å². The highest BCUT2D eigenvalue weighted by atomic mass is 16.5. The SMILES string of the molecule is Cc1cc(COc2cccnc2)ccc1OC1CN(c2cccc(C(=O)O)c2Cn2cccc2)C1. The minimum Gasteiger partial charge on any atom is -0.487 e. The molecule has 5 rings (SSSR count). The normalized spacial score (nSPS) is 13.3. The van der Waals surface area contributed by atoms with Crippen LogP contribution in [0.25, 0.3) is 0 Å². The van der Waals surface area contributed by atoms with Crippen LogP contribution in [0.5, 0.6) is 11.5 Å². The molecule has 0 aliphatic carbocycles. The molecule has 7 heteroatoms. The molecular formula is C28H27N3O4. The lowest BCUT2D eigenvalue weighted by Crippen LogP contribution is -2.54. The molecular weight excluding hydrogens is 442 g/mol. The Morgan fingerprint density at radius 3 is 2.63 bits per heavy atom. The van der Waals surface area contributed by atoms with Crippen LogP contribution in [0.15, 0.2) is 85.5 Å². The summed E-state index contributed by atoms with van der Waals surface area (Å²) in [6.45, 7) is 4.41. The Morgan fingerprint density at radius 1 is 1.09 bits per heavy atom. The van der Waals surface area contributed by atoms with Gasteiger partial charge in [-0.25, -0.2) is 4.79 Å². The summed E-state index contributed by atoms with van der Waals surface area (Å²) in [5, 5.41) is 9.73. The molecule has 1 saturated heterocycles. The number of pyridine rings is 1. The third-order valence-corrected chi connectivity index (χ3v) is 6.15. The van der Waals surface area contributed by atoms with E-state index in [1.54, 1.807) is 18.5 Å². The Bertz CT molecular complexity index is 1300. The molecule has 0 bridgehead atoms. The highest BCUT2D eigenvalue weighted by Gasteiger charge is 2.31. The van der Waals surface area contributed by atoms with Crippen LogP contribution in [0.4, 0.5) is 5.69 Å². The summed E-state index contributed by atoms with van der Waals surface area (Å²) < 4.78 is 14.0. The van der Waals surface area contributed by atoms with E-state index >= 15 is 0 Å². The lowest BCUT2D eigenvalue weighted by molar-refractivity contribution is 0.0695. The Morgan fingerprint density at radius 2 is 1.91 bits per heavy atom. The summed E-state index contributed by atoms with van der Waals surface area (Å²) in [6, 6.07) is 19.2. The average molecular weight is 470 g/mol. The predicted octanol–water partition coefficient (Wildman–Crippen LogP) is 4.78. The third-order valence-electron chi connectivity index (χ3n) is 6.15. The first kappa shape index (κ1) is 22.5. The summed E-state index contributed by atoms with van der Waals surface area (Å²) in [5.41, 5.74) is 4.20. The van der Waals surface area contributed by atoms with Gasteiger partial charge < -0.3 is 24.0 Å². The van der Waals surface area contributed by atoms with Gasteiger partial charge in [-0.2, -0.15) is 0 Å². The number of hydrogen-bond acceptors (Lipinski definition) is 5. The van der Waals surface area contributed by atoms with Crippen LogP contribution in [-0.4, -0.2) is 39.8 Å². The van der Waals surface area contributed by atoms with Gasteiger partial charge in [0.25, 0.3) is 0 Å². The van der Waals surface area contributed by atoms with Crippen LogP contribution in [0.2, 0.25) is 0 Å². The number of nitrogens with zero attached hydrogens (tertiary/aromatic N) is 3. The highest BCUT2D eigenvalue weighted by Crippen LogP contribution is 2.31. The lowest BCUT2D eigenvalue weighted by Gasteiger charge is -2.42. The van der Waals surface area contributed by atoms with Gasteiger partial charge >= 0.3 is 5.97 Å². The summed E-state index contributed by atoms with van der Waals surface area (Å²) in [5.74, 6) is 0.681. The molecule has 7 nitrogen and oxygen atoms in total. The number of anilines is 1. The van der Waals surface area contributed by atoms with Crippen molar-refractivity contribution in [3.05, 3.63) is 108 Å². The van der Waals surface area contributed by atoms with Crippen LogP contribution in [-0.2, 0) is 13.2 Å². The fourth-order valence-electron chi connectivity index (χ4n) is 4.32. The van der Waals surface area contributed by atoms with E-state index in [1.165, 1.54) is 0 Å². The summed E-state index contributed by atoms with van der Waals surface area (Å²) in [4.78, 5) is 18.1. The molecule has 1 aliphatic rings. The van der Waals surface area contributed by atoms with E-state index in [-0.39, 0.29) is 6.10 Å². The van der Waals surface area contributed by atoms with Gasteiger partial charge in [-0.05, 0) is 66.6 Å². The van der Waals surface area contributed by atoms with Gasteiger partial charge in [0, 0.05) is 36.4 Å². The van der Waals surface area contributed by atoms with Crippen LogP contribution in [0, 0.1) is 6.92 Å². The zero-order valence-electron chi connectivity index (χ0n) is 19.5. The molecule has 1 N–H and O–H groups in total. The maximum absolute atomic E-state index is 11.9. The van der Waals surface area contributed by atoms with Crippen molar-refractivity contribution in [2.24, 2.45) is 0 Å². The second-order valence-electron chi connectivity index (χ2n) is 8.69. The maximum Gasteiger partial charge on any atom is 0.336 e. The zero-order chi connectivity index (χ0) is 24.2. The number of rotatable bonds is 9. The molecule has 1 aliphatic heterocycles. The fraction of sp³-hybridized carbons (Fsp3) is 0.214. The molecule has 0 saturated carbocycles. The number of hydrogen-bond donors (Lipinski definition) is 1. The topological polar surface area (TPSA) is 76.8 Å². The standard InChI is InChI=1S/C28H27N3O4/c1-20-14-21(19-34-22-6-5-11-29-15-22)9-10-27(20)35-23-16-31(17-23)26-8-4-7-24(28(32)33)25(26)18-30-12-2-3-13-30/h2-15,23H,16-19H2,1H3,(H,32,33). The Balaban J connectivity index is 1.23. The highest BCUT2D eigenvalue weighted by molar-refractivity contribution is 5.91. The van der Waals surface area contributed by atoms with Crippen molar-refractivity contribution in [3.63, 3.8) is 0 Å². The summed E-state index contributed by atoms with van der Waals surface area (Å²) >= 11 is 0. The van der Waals surface area contributed by atoms with E-state index in [1.807, 2.05) is 72.4 Å². The largest absolute Gasteiger partial charge is 0.487 e. The van der Waals surface area contributed by atoms with Crippen LogP contribution < -0.4 is 14.4 Å². The monoisotopic (exact) mass is 469 g/mol. The number of aromatic nitrogens is 2. The Hall–Kier alpha value is -4.26. The molecule has 2 aromatic carbocycles. The molecule has 0 unspecified atom stereocenters. The first-order chi connectivity index (χ1) is 17.1. The number of ether oxygens (including phenoxy) is 2. The van der Waals surface area contributed by atoms with Gasteiger partial charge in [0.15, 0.2) is 0 Å². The van der Waals surface area contributed by atoms with Gasteiger partial charge in [-0.15, -0.1) is 0 Å². The quantitative estimate of drug-likeness (QED) is 0.380. The van der Waals surface area contributed by atoms with E-state index in [0.29, 0.717) is 31.8 Å². The van der Waals surface area contributed by atoms with E-state index < -0.39 is 5.97 Å². The second kappa shape index (κ2) is 9.93. The van der Waals surface area contributed by atoms with Gasteiger partial charge in [0.05, 0.1) is 24.8 Å². The number of carboxylic acids is 1. The van der Waals surface area contributed by atoms with E-state index in [2.05, 4.69) is 16.0 Å². The van der Waals surface area contributed by atoms with Gasteiger partial charge in [0.2, 0.25) is 0 Å². The molecule has 1 fully saturated rings. The van der Waals surface area contributed by atoms with Crippen LogP contribution >= 0.6 is 0 Å². The van der Waals surface area contributed by atoms with Crippen molar-refractivity contribution in [1.82, 2.24) is 9.55 Å². The smallest absolute Gasteiger partial charge is 0.336 e. The molecule has 3 heterocycles. The van der Waals surface area contributed by atoms with Crippen molar-refractivity contribution < 1.29 is 19.4 Å². The number of carboxylic acid groups (broad SMARTS) is 1. The molecule has 0 radical (unpaired) electrons. The zero-order valence-corrected chi connectivity index (χ0v) is 19.5. The molecule has 178 valence electrons. The lowest BCUT2D eigenvalue weighted by atomic mass is 10.0. The van der Waals surface area contributed by atoms with E-state index in [4.69, 9.17) is 9.47 Å². The maximum atomic E-state index is 11.9. The molecule has 0 atom stereocenters. The first-order valence-electron chi connectivity index (χ1n) is 11.6. The predicted molar refractivity (Wildman–Crippen MR) is 133 cm³/mol. The van der Waals surface area contributed by atoms with Crippen molar-refractivity contribution in [3.8, 4) is 11.5 Å². The van der Waals surface area contributed by atoms with Crippen molar-refractivity contribution in [2.45, 2.75) is 26.2 Å². The number of carbonyl (C=O) groups is 1. The fourth-order valence-corrected chi connectivity index (χ4v) is 4.32. The number of benzene rings is 2. The minimum atomic E-state index is -0.912. The van der Waals surface area contributed by atoms with E-state index in [0.717, 1.165) is 33.9 Å². The Labute approximate surface area is 204 Å². The van der Waals surface area contributed by atoms with Gasteiger partial charge in [0.1, 0.15) is 24.2 Å². The van der Waals surface area contributed by atoms with Gasteiger partial charge in [-0.1, -0.05) is 12.1 Å². The third kappa shape index (κ3) is 5.14. The average Bonchev–Trinajstić information content (AvgIpc) is 3.35. The summed E-state index contributed by atoms with van der Waals surface area (Å²) in [7, 11) is 0. The molecule has 4 aromatic rings. The Kier molecular flexibility index (Phi) is 6.39. The second-order valence-corrected chi connectivity index (χ2v) is 8.69. The van der Waals surface area contributed by atoms with Crippen molar-refractivity contribution in [2.75, 3.05) is 18.0 Å².